The lowest BCUT2D eigenvalue weighted by atomic mass is 10.1. The predicted octanol–water partition coefficient (Wildman–Crippen LogP) is 2.46. The Bertz CT molecular complexity index is 1570. The van der Waals surface area contributed by atoms with E-state index in [1.807, 2.05) is 65.4 Å². The maximum atomic E-state index is 13.4. The predicted molar refractivity (Wildman–Crippen MR) is 125 cm³/mol. The van der Waals surface area contributed by atoms with Crippen LogP contribution in [0, 0.1) is 0 Å². The standard InChI is InChI=1S/C24H23N5O4/c1-26-21-20(22(30)27(24(26)31)13-14-32-2)28-15-19(16-7-5-4-6-8-16)29(23(28)25-21)17-9-11-18(33-3)12-10-17/h4-12,15H,13-14H2,1-3H3. The maximum Gasteiger partial charge on any atom is 0.332 e. The topological polar surface area (TPSA) is 84.7 Å². The summed E-state index contributed by atoms with van der Waals surface area (Å²) in [4.78, 5) is 30.9. The number of hydrogen-bond donors (Lipinski definition) is 0. The van der Waals surface area contributed by atoms with Crippen molar-refractivity contribution in [1.82, 2.24) is 23.1 Å². The summed E-state index contributed by atoms with van der Waals surface area (Å²) in [6.07, 6.45) is 1.89. The fourth-order valence-electron chi connectivity index (χ4n) is 4.07. The summed E-state index contributed by atoms with van der Waals surface area (Å²) in [5.74, 6) is 1.27. The molecule has 0 aliphatic carbocycles. The summed E-state index contributed by atoms with van der Waals surface area (Å²) in [7, 11) is 4.77. The fourth-order valence-corrected chi connectivity index (χ4v) is 4.07. The van der Waals surface area contributed by atoms with Crippen LogP contribution in [0.15, 0.2) is 70.4 Å². The molecule has 5 rings (SSSR count). The third-order valence-corrected chi connectivity index (χ3v) is 5.77. The lowest BCUT2D eigenvalue weighted by Crippen LogP contribution is -2.40. The second-order valence-electron chi connectivity index (χ2n) is 7.66. The first-order valence-corrected chi connectivity index (χ1v) is 10.5. The molecule has 9 heteroatoms. The lowest BCUT2D eigenvalue weighted by Gasteiger charge is -2.10. The van der Waals surface area contributed by atoms with Crippen molar-refractivity contribution in [2.75, 3.05) is 20.8 Å². The molecule has 5 aromatic rings. The highest BCUT2D eigenvalue weighted by atomic mass is 16.5. The van der Waals surface area contributed by atoms with E-state index in [2.05, 4.69) is 0 Å². The van der Waals surface area contributed by atoms with Gasteiger partial charge in [-0.15, -0.1) is 0 Å². The number of benzene rings is 2. The van der Waals surface area contributed by atoms with Gasteiger partial charge in [-0.25, -0.2) is 4.79 Å². The van der Waals surface area contributed by atoms with Gasteiger partial charge in [0.2, 0.25) is 5.78 Å². The number of hydrogen-bond acceptors (Lipinski definition) is 5. The monoisotopic (exact) mass is 445 g/mol. The van der Waals surface area contributed by atoms with Crippen molar-refractivity contribution >= 4 is 16.9 Å². The van der Waals surface area contributed by atoms with E-state index in [-0.39, 0.29) is 13.2 Å². The molecule has 9 nitrogen and oxygen atoms in total. The minimum Gasteiger partial charge on any atom is -0.497 e. The molecule has 0 fully saturated rings. The van der Waals surface area contributed by atoms with Gasteiger partial charge in [0.1, 0.15) is 5.75 Å². The number of aryl methyl sites for hydroxylation is 1. The highest BCUT2D eigenvalue weighted by Gasteiger charge is 2.22. The second kappa shape index (κ2) is 8.10. The normalized spacial score (nSPS) is 11.5. The van der Waals surface area contributed by atoms with E-state index in [1.165, 1.54) is 16.2 Å². The summed E-state index contributed by atoms with van der Waals surface area (Å²) < 4.78 is 16.7. The molecular weight excluding hydrogens is 422 g/mol. The highest BCUT2D eigenvalue weighted by molar-refractivity contribution is 5.79. The number of methoxy groups -OCH3 is 2. The molecule has 3 heterocycles. The Balaban J connectivity index is 1.88. The molecule has 0 radical (unpaired) electrons. The first-order valence-electron chi connectivity index (χ1n) is 10.5. The van der Waals surface area contributed by atoms with E-state index < -0.39 is 11.2 Å². The summed E-state index contributed by atoms with van der Waals surface area (Å²) in [6.45, 7) is 0.417. The van der Waals surface area contributed by atoms with Gasteiger partial charge in [-0.1, -0.05) is 30.3 Å². The molecule has 0 amide bonds. The van der Waals surface area contributed by atoms with Crippen molar-refractivity contribution in [2.45, 2.75) is 6.54 Å². The van der Waals surface area contributed by atoms with Crippen LogP contribution in [0.3, 0.4) is 0 Å². The zero-order valence-electron chi connectivity index (χ0n) is 18.6. The van der Waals surface area contributed by atoms with E-state index in [1.54, 1.807) is 18.6 Å². The van der Waals surface area contributed by atoms with Gasteiger partial charge < -0.3 is 9.47 Å². The number of rotatable bonds is 6. The number of aromatic nitrogens is 5. The van der Waals surface area contributed by atoms with Crippen LogP contribution in [0.2, 0.25) is 0 Å². The van der Waals surface area contributed by atoms with Crippen LogP contribution in [-0.4, -0.2) is 43.9 Å². The molecule has 0 unspecified atom stereocenters. The minimum absolute atomic E-state index is 0.163. The summed E-state index contributed by atoms with van der Waals surface area (Å²) in [6, 6.07) is 17.5. The van der Waals surface area contributed by atoms with Crippen LogP contribution in [0.25, 0.3) is 33.9 Å². The number of nitrogens with zero attached hydrogens (tertiary/aromatic N) is 5. The van der Waals surface area contributed by atoms with Crippen molar-refractivity contribution in [3.8, 4) is 22.7 Å². The molecule has 0 N–H and O–H groups in total. The molecule has 3 aromatic heterocycles. The van der Waals surface area contributed by atoms with Gasteiger partial charge in [0.05, 0.1) is 26.0 Å². The molecule has 0 bridgehead atoms. The molecule has 168 valence electrons. The third kappa shape index (κ3) is 3.25. The Morgan fingerprint density at radius 3 is 2.36 bits per heavy atom. The van der Waals surface area contributed by atoms with Crippen molar-refractivity contribution in [1.29, 1.82) is 0 Å². The van der Waals surface area contributed by atoms with Crippen molar-refractivity contribution in [3.05, 3.63) is 81.6 Å². The zero-order valence-corrected chi connectivity index (χ0v) is 18.6. The van der Waals surface area contributed by atoms with Gasteiger partial charge in [-0.3, -0.25) is 22.9 Å². The number of fused-ring (bicyclic) bond motifs is 3. The molecule has 0 spiro atoms. The van der Waals surface area contributed by atoms with Gasteiger partial charge in [0, 0.05) is 31.6 Å². The molecule has 0 saturated carbocycles. The van der Waals surface area contributed by atoms with Gasteiger partial charge >= 0.3 is 5.69 Å². The van der Waals surface area contributed by atoms with E-state index in [0.29, 0.717) is 16.9 Å². The fraction of sp³-hybridized carbons (Fsp3) is 0.208. The third-order valence-electron chi connectivity index (χ3n) is 5.77. The molecule has 2 aromatic carbocycles. The maximum absolute atomic E-state index is 13.4. The van der Waals surface area contributed by atoms with Crippen LogP contribution in [0.1, 0.15) is 0 Å². The number of imidazole rings is 2. The lowest BCUT2D eigenvalue weighted by molar-refractivity contribution is 0.184. The molecule has 0 saturated heterocycles. The van der Waals surface area contributed by atoms with Gasteiger partial charge in [-0.05, 0) is 24.3 Å². The van der Waals surface area contributed by atoms with E-state index in [9.17, 15) is 9.59 Å². The number of ether oxygens (including phenoxy) is 2. The summed E-state index contributed by atoms with van der Waals surface area (Å²) >= 11 is 0. The molecule has 33 heavy (non-hydrogen) atoms. The minimum atomic E-state index is -0.426. The Hall–Kier alpha value is -4.11. The van der Waals surface area contributed by atoms with Crippen molar-refractivity contribution < 1.29 is 9.47 Å². The van der Waals surface area contributed by atoms with Crippen molar-refractivity contribution in [3.63, 3.8) is 0 Å². The van der Waals surface area contributed by atoms with Crippen LogP contribution in [-0.2, 0) is 18.3 Å². The molecule has 0 atom stereocenters. The van der Waals surface area contributed by atoms with Crippen LogP contribution < -0.4 is 16.0 Å². The smallest absolute Gasteiger partial charge is 0.332 e. The van der Waals surface area contributed by atoms with Crippen molar-refractivity contribution in [2.24, 2.45) is 7.05 Å². The molecule has 0 aliphatic heterocycles. The van der Waals surface area contributed by atoms with Gasteiger partial charge in [0.25, 0.3) is 5.56 Å². The van der Waals surface area contributed by atoms with E-state index >= 15 is 0 Å². The van der Waals surface area contributed by atoms with Crippen LogP contribution in [0.4, 0.5) is 0 Å². The zero-order chi connectivity index (χ0) is 23.1. The van der Waals surface area contributed by atoms with E-state index in [4.69, 9.17) is 14.5 Å². The molecule has 0 aliphatic rings. The van der Waals surface area contributed by atoms with Gasteiger partial charge in [-0.2, -0.15) is 4.98 Å². The Kier molecular flexibility index (Phi) is 5.10. The summed E-state index contributed by atoms with van der Waals surface area (Å²) in [5.41, 5.74) is 2.53. The second-order valence-corrected chi connectivity index (χ2v) is 7.66. The average molecular weight is 445 g/mol. The Labute approximate surface area is 188 Å². The SMILES string of the molecule is COCCn1c(=O)c2c(nc3n(-c4ccc(OC)cc4)c(-c4ccccc4)cn23)n(C)c1=O. The highest BCUT2D eigenvalue weighted by Crippen LogP contribution is 2.29. The molecular formula is C24H23N5O4. The van der Waals surface area contributed by atoms with E-state index in [0.717, 1.165) is 22.7 Å². The van der Waals surface area contributed by atoms with Crippen LogP contribution in [0.5, 0.6) is 5.75 Å². The van der Waals surface area contributed by atoms with Crippen LogP contribution >= 0.6 is 0 Å². The first kappa shape index (κ1) is 20.8. The van der Waals surface area contributed by atoms with Gasteiger partial charge in [0.15, 0.2) is 11.2 Å². The first-order chi connectivity index (χ1) is 16.0. The largest absolute Gasteiger partial charge is 0.497 e. The quantitative estimate of drug-likeness (QED) is 0.401. The Morgan fingerprint density at radius 2 is 1.70 bits per heavy atom. The Morgan fingerprint density at radius 1 is 0.970 bits per heavy atom. The summed E-state index contributed by atoms with van der Waals surface area (Å²) in [5, 5.41) is 0. The average Bonchev–Trinajstić information content (AvgIpc) is 3.40.